The average Bonchev–Trinajstić information content (AvgIpc) is 2.15. The second-order valence-corrected chi connectivity index (χ2v) is 3.96. The summed E-state index contributed by atoms with van der Waals surface area (Å²) < 4.78 is 13.7. The number of rotatable bonds is 2. The number of hydrogen-bond acceptors (Lipinski definition) is 0. The van der Waals surface area contributed by atoms with E-state index in [0.29, 0.717) is 5.56 Å². The number of halogens is 1. The highest BCUT2D eigenvalue weighted by molar-refractivity contribution is 5.72. The molecule has 1 rings (SSSR count). The molecule has 1 aromatic carbocycles. The molecule has 0 amide bonds. The summed E-state index contributed by atoms with van der Waals surface area (Å²) >= 11 is 0. The van der Waals surface area contributed by atoms with Crippen LogP contribution in [0, 0.1) is 12.7 Å². The molecule has 0 N–H and O–H groups in total. The van der Waals surface area contributed by atoms with Crippen molar-refractivity contribution < 1.29 is 4.39 Å². The lowest BCUT2D eigenvalue weighted by Crippen LogP contribution is -1.94. The number of allylic oxidation sites excluding steroid dienone is 3. The third kappa shape index (κ3) is 2.35. The van der Waals surface area contributed by atoms with Crippen molar-refractivity contribution in [2.45, 2.75) is 27.7 Å². The first-order valence-electron chi connectivity index (χ1n) is 5.04. The van der Waals surface area contributed by atoms with E-state index in [2.05, 4.69) is 6.58 Å². The minimum absolute atomic E-state index is 0.159. The fourth-order valence-corrected chi connectivity index (χ4v) is 1.61. The molecule has 0 unspecified atom stereocenters. The largest absolute Gasteiger partial charge is 0.206 e. The molecule has 15 heavy (non-hydrogen) atoms. The fourth-order valence-electron chi connectivity index (χ4n) is 1.61. The van der Waals surface area contributed by atoms with Gasteiger partial charge in [0, 0.05) is 5.56 Å². The molecule has 0 nitrogen and oxygen atoms in total. The molecule has 0 saturated carbocycles. The molecule has 0 aliphatic rings. The maximum Gasteiger partial charge on any atom is 0.130 e. The minimum Gasteiger partial charge on any atom is -0.206 e. The summed E-state index contributed by atoms with van der Waals surface area (Å²) in [6.07, 6.45) is 0. The predicted molar refractivity (Wildman–Crippen MR) is 64.2 cm³/mol. The van der Waals surface area contributed by atoms with E-state index in [-0.39, 0.29) is 5.82 Å². The van der Waals surface area contributed by atoms with E-state index in [1.165, 1.54) is 6.07 Å². The van der Waals surface area contributed by atoms with Crippen LogP contribution < -0.4 is 0 Å². The summed E-state index contributed by atoms with van der Waals surface area (Å²) in [7, 11) is 0. The van der Waals surface area contributed by atoms with Gasteiger partial charge in [0.1, 0.15) is 5.82 Å². The fraction of sp³-hybridized carbons (Fsp3) is 0.286. The van der Waals surface area contributed by atoms with Crippen LogP contribution in [-0.2, 0) is 0 Å². The quantitative estimate of drug-likeness (QED) is 0.622. The van der Waals surface area contributed by atoms with Crippen LogP contribution >= 0.6 is 0 Å². The van der Waals surface area contributed by atoms with E-state index < -0.39 is 0 Å². The maximum absolute atomic E-state index is 13.7. The van der Waals surface area contributed by atoms with Crippen molar-refractivity contribution >= 4 is 5.57 Å². The Bertz CT molecular complexity index is 405. The Kier molecular flexibility index (Phi) is 3.46. The Morgan fingerprint density at radius 1 is 1.20 bits per heavy atom. The van der Waals surface area contributed by atoms with Gasteiger partial charge in [0.2, 0.25) is 0 Å². The third-order valence-electron chi connectivity index (χ3n) is 2.80. The zero-order valence-electron chi connectivity index (χ0n) is 9.82. The molecule has 0 fully saturated rings. The van der Waals surface area contributed by atoms with Crippen LogP contribution in [0.5, 0.6) is 0 Å². The lowest BCUT2D eigenvalue weighted by atomic mass is 9.95. The normalized spacial score (nSPS) is 12.3. The van der Waals surface area contributed by atoms with Gasteiger partial charge in [-0.05, 0) is 50.5 Å². The molecule has 0 radical (unpaired) electrons. The Morgan fingerprint density at radius 3 is 2.27 bits per heavy atom. The van der Waals surface area contributed by atoms with E-state index in [1.807, 2.05) is 33.8 Å². The van der Waals surface area contributed by atoms with Crippen molar-refractivity contribution in [1.82, 2.24) is 0 Å². The molecule has 0 heterocycles. The second kappa shape index (κ2) is 4.43. The van der Waals surface area contributed by atoms with Gasteiger partial charge in [-0.25, -0.2) is 4.39 Å². The lowest BCUT2D eigenvalue weighted by Gasteiger charge is -2.11. The molecule has 0 spiro atoms. The van der Waals surface area contributed by atoms with Crippen molar-refractivity contribution in [3.8, 4) is 0 Å². The van der Waals surface area contributed by atoms with Crippen molar-refractivity contribution in [2.24, 2.45) is 0 Å². The predicted octanol–water partition coefficient (Wildman–Crippen LogP) is 4.50. The van der Waals surface area contributed by atoms with Gasteiger partial charge in [-0.3, -0.25) is 0 Å². The smallest absolute Gasteiger partial charge is 0.130 e. The highest BCUT2D eigenvalue weighted by Crippen LogP contribution is 2.26. The van der Waals surface area contributed by atoms with Gasteiger partial charge in [-0.15, -0.1) is 0 Å². The summed E-state index contributed by atoms with van der Waals surface area (Å²) in [5, 5.41) is 0. The molecule has 1 heteroatoms. The Balaban J connectivity index is 3.40. The van der Waals surface area contributed by atoms with E-state index >= 15 is 0 Å². The summed E-state index contributed by atoms with van der Waals surface area (Å²) in [5.74, 6) is -0.159. The Hall–Kier alpha value is -1.37. The summed E-state index contributed by atoms with van der Waals surface area (Å²) in [4.78, 5) is 0. The van der Waals surface area contributed by atoms with Gasteiger partial charge in [0.15, 0.2) is 0 Å². The van der Waals surface area contributed by atoms with Crippen LogP contribution in [0.15, 0.2) is 35.9 Å². The average molecular weight is 204 g/mol. The minimum atomic E-state index is -0.159. The van der Waals surface area contributed by atoms with Gasteiger partial charge in [-0.2, -0.15) is 0 Å². The van der Waals surface area contributed by atoms with Crippen LogP contribution in [0.1, 0.15) is 31.9 Å². The topological polar surface area (TPSA) is 0 Å². The van der Waals surface area contributed by atoms with Gasteiger partial charge < -0.3 is 0 Å². The lowest BCUT2D eigenvalue weighted by molar-refractivity contribution is 0.622. The van der Waals surface area contributed by atoms with Crippen LogP contribution in [0.25, 0.3) is 5.57 Å². The van der Waals surface area contributed by atoms with Crippen molar-refractivity contribution in [2.75, 3.05) is 0 Å². The summed E-state index contributed by atoms with van der Waals surface area (Å²) in [6.45, 7) is 11.7. The highest BCUT2D eigenvalue weighted by atomic mass is 19.1. The standard InChI is InChI=1S/C14H17F/c1-9(2)11(4)12(5)14-10(3)7-6-8-13(14)15/h6-8H,1H2,2-5H3/b12-11+. The Morgan fingerprint density at radius 2 is 1.80 bits per heavy atom. The van der Waals surface area contributed by atoms with E-state index in [0.717, 1.165) is 22.3 Å². The van der Waals surface area contributed by atoms with Crippen LogP contribution in [0.3, 0.4) is 0 Å². The van der Waals surface area contributed by atoms with Crippen molar-refractivity contribution in [3.63, 3.8) is 0 Å². The first-order valence-corrected chi connectivity index (χ1v) is 5.04. The van der Waals surface area contributed by atoms with E-state index in [9.17, 15) is 4.39 Å². The first kappa shape index (κ1) is 11.7. The van der Waals surface area contributed by atoms with Crippen molar-refractivity contribution in [1.29, 1.82) is 0 Å². The molecular formula is C14H17F. The van der Waals surface area contributed by atoms with Crippen LogP contribution in [0.2, 0.25) is 0 Å². The maximum atomic E-state index is 13.7. The molecule has 0 aromatic heterocycles. The molecule has 0 saturated heterocycles. The number of aryl methyl sites for hydroxylation is 1. The monoisotopic (exact) mass is 204 g/mol. The van der Waals surface area contributed by atoms with Gasteiger partial charge in [-0.1, -0.05) is 24.3 Å². The third-order valence-corrected chi connectivity index (χ3v) is 2.80. The van der Waals surface area contributed by atoms with Crippen molar-refractivity contribution in [3.05, 3.63) is 52.9 Å². The highest BCUT2D eigenvalue weighted by Gasteiger charge is 2.09. The SMILES string of the molecule is C=C(C)/C(C)=C(\C)c1c(C)cccc1F. The molecule has 0 aliphatic heterocycles. The molecule has 1 aromatic rings. The molecule has 80 valence electrons. The summed E-state index contributed by atoms with van der Waals surface area (Å²) in [6, 6.07) is 5.16. The van der Waals surface area contributed by atoms with Gasteiger partial charge in [0.05, 0.1) is 0 Å². The van der Waals surface area contributed by atoms with E-state index in [4.69, 9.17) is 0 Å². The first-order chi connectivity index (χ1) is 6.95. The zero-order valence-corrected chi connectivity index (χ0v) is 9.82. The molecule has 0 bridgehead atoms. The molecular weight excluding hydrogens is 187 g/mol. The molecule has 0 aliphatic carbocycles. The van der Waals surface area contributed by atoms with Crippen LogP contribution in [-0.4, -0.2) is 0 Å². The van der Waals surface area contributed by atoms with E-state index in [1.54, 1.807) is 6.07 Å². The summed E-state index contributed by atoms with van der Waals surface area (Å²) in [5.41, 5.74) is 4.68. The molecule has 0 atom stereocenters. The number of hydrogen-bond donors (Lipinski definition) is 0. The Labute approximate surface area is 91.1 Å². The van der Waals surface area contributed by atoms with Crippen LogP contribution in [0.4, 0.5) is 4.39 Å². The number of benzene rings is 1. The zero-order chi connectivity index (χ0) is 11.6. The second-order valence-electron chi connectivity index (χ2n) is 3.96. The van der Waals surface area contributed by atoms with Gasteiger partial charge in [0.25, 0.3) is 0 Å². The van der Waals surface area contributed by atoms with Gasteiger partial charge >= 0.3 is 0 Å².